The van der Waals surface area contributed by atoms with E-state index in [1.165, 1.54) is 5.56 Å². The van der Waals surface area contributed by atoms with Gasteiger partial charge in [-0.05, 0) is 24.6 Å². The average molecular weight is 389 g/mol. The highest BCUT2D eigenvalue weighted by atomic mass is 16.1. The standard InChI is InChI=1S/C22H22N4O.C2H6/c1-15-13-26-20-18(22(27)23-15)5-4-6-19(20)24-21(26)17-9-7-16(8-10-17)14-25-11-2-3-12-25;1-2/h2-10,15H,11-14H2,1H3,(H,23,27);1-2H3. The maximum absolute atomic E-state index is 12.5. The molecule has 0 aliphatic carbocycles. The van der Waals surface area contributed by atoms with E-state index in [1.807, 2.05) is 39.0 Å². The minimum Gasteiger partial charge on any atom is -0.348 e. The quantitative estimate of drug-likeness (QED) is 0.683. The van der Waals surface area contributed by atoms with Crippen molar-refractivity contribution in [2.75, 3.05) is 13.1 Å². The van der Waals surface area contributed by atoms with Crippen LogP contribution in [-0.4, -0.2) is 39.5 Å². The third kappa shape index (κ3) is 3.70. The lowest BCUT2D eigenvalue weighted by atomic mass is 10.1. The summed E-state index contributed by atoms with van der Waals surface area (Å²) < 4.78 is 2.19. The van der Waals surface area contributed by atoms with Crippen LogP contribution in [0.2, 0.25) is 0 Å². The molecule has 1 atom stereocenters. The van der Waals surface area contributed by atoms with Crippen molar-refractivity contribution in [1.82, 2.24) is 19.8 Å². The molecule has 5 rings (SSSR count). The fourth-order valence-corrected chi connectivity index (χ4v) is 4.06. The molecule has 0 radical (unpaired) electrons. The minimum atomic E-state index is -0.0205. The van der Waals surface area contributed by atoms with Crippen LogP contribution in [0.15, 0.2) is 54.6 Å². The number of amides is 1. The third-order valence-electron chi connectivity index (χ3n) is 5.36. The Hall–Kier alpha value is -2.92. The molecule has 0 bridgehead atoms. The third-order valence-corrected chi connectivity index (χ3v) is 5.36. The van der Waals surface area contributed by atoms with Gasteiger partial charge in [0.15, 0.2) is 0 Å². The predicted octanol–water partition coefficient (Wildman–Crippen LogP) is 4.23. The van der Waals surface area contributed by atoms with Crippen molar-refractivity contribution in [2.24, 2.45) is 0 Å². The summed E-state index contributed by atoms with van der Waals surface area (Å²) in [6, 6.07) is 14.5. The van der Waals surface area contributed by atoms with Crippen LogP contribution in [0.5, 0.6) is 0 Å². The Morgan fingerprint density at radius 2 is 1.79 bits per heavy atom. The Morgan fingerprint density at radius 3 is 2.52 bits per heavy atom. The van der Waals surface area contributed by atoms with Gasteiger partial charge < -0.3 is 9.88 Å². The first-order valence-electron chi connectivity index (χ1n) is 10.5. The highest BCUT2D eigenvalue weighted by molar-refractivity contribution is 6.06. The van der Waals surface area contributed by atoms with Gasteiger partial charge in [-0.2, -0.15) is 0 Å². The molecule has 29 heavy (non-hydrogen) atoms. The SMILES string of the molecule is CC.CC1Cn2c(-c3ccc(CN4CC=CC4)cc3)nc3cccc(c32)C(=O)N1. The zero-order valence-corrected chi connectivity index (χ0v) is 17.4. The maximum Gasteiger partial charge on any atom is 0.253 e. The number of para-hydroxylation sites is 1. The van der Waals surface area contributed by atoms with E-state index >= 15 is 0 Å². The highest BCUT2D eigenvalue weighted by Crippen LogP contribution is 2.29. The summed E-state index contributed by atoms with van der Waals surface area (Å²) in [4.78, 5) is 19.8. The maximum atomic E-state index is 12.5. The molecule has 1 aromatic heterocycles. The van der Waals surface area contributed by atoms with Gasteiger partial charge in [-0.15, -0.1) is 0 Å². The minimum absolute atomic E-state index is 0.0205. The topological polar surface area (TPSA) is 50.2 Å². The van der Waals surface area contributed by atoms with Gasteiger partial charge in [0.05, 0.1) is 16.6 Å². The normalized spacial score (nSPS) is 18.3. The van der Waals surface area contributed by atoms with Crippen LogP contribution in [0.3, 0.4) is 0 Å². The lowest BCUT2D eigenvalue weighted by Gasteiger charge is -2.15. The molecule has 0 saturated carbocycles. The van der Waals surface area contributed by atoms with Gasteiger partial charge in [-0.25, -0.2) is 4.98 Å². The lowest BCUT2D eigenvalue weighted by molar-refractivity contribution is 0.0942. The first-order chi connectivity index (χ1) is 14.2. The number of carbonyl (C=O) groups excluding carboxylic acids is 1. The molecule has 3 aromatic rings. The first-order valence-corrected chi connectivity index (χ1v) is 10.5. The number of hydrogen-bond donors (Lipinski definition) is 1. The van der Waals surface area contributed by atoms with Crippen molar-refractivity contribution >= 4 is 16.9 Å². The molecule has 0 spiro atoms. The highest BCUT2D eigenvalue weighted by Gasteiger charge is 2.24. The van der Waals surface area contributed by atoms with E-state index in [9.17, 15) is 4.79 Å². The van der Waals surface area contributed by atoms with Gasteiger partial charge in [-0.1, -0.05) is 56.3 Å². The van der Waals surface area contributed by atoms with Crippen molar-refractivity contribution in [1.29, 1.82) is 0 Å². The van der Waals surface area contributed by atoms with Gasteiger partial charge in [0.2, 0.25) is 0 Å². The van der Waals surface area contributed by atoms with Gasteiger partial charge >= 0.3 is 0 Å². The Morgan fingerprint density at radius 1 is 1.07 bits per heavy atom. The molecule has 5 nitrogen and oxygen atoms in total. The monoisotopic (exact) mass is 388 g/mol. The summed E-state index contributed by atoms with van der Waals surface area (Å²) in [5.41, 5.74) is 4.90. The first kappa shape index (κ1) is 19.4. The van der Waals surface area contributed by atoms with Gasteiger partial charge in [0, 0.05) is 37.8 Å². The Balaban J connectivity index is 0.000000994. The number of nitrogens with zero attached hydrogens (tertiary/aromatic N) is 3. The Bertz CT molecular complexity index is 1040. The second kappa shape index (κ2) is 8.21. The van der Waals surface area contributed by atoms with Crippen LogP contribution in [0.25, 0.3) is 22.4 Å². The zero-order chi connectivity index (χ0) is 20.4. The van der Waals surface area contributed by atoms with Crippen molar-refractivity contribution in [3.63, 3.8) is 0 Å². The number of nitrogens with one attached hydrogen (secondary N) is 1. The van der Waals surface area contributed by atoms with Crippen LogP contribution >= 0.6 is 0 Å². The van der Waals surface area contributed by atoms with Gasteiger partial charge in [0.1, 0.15) is 5.82 Å². The molecular weight excluding hydrogens is 360 g/mol. The molecule has 0 saturated heterocycles. The molecule has 2 aliphatic heterocycles. The molecule has 3 heterocycles. The second-order valence-electron chi connectivity index (χ2n) is 7.46. The smallest absolute Gasteiger partial charge is 0.253 e. The molecule has 1 unspecified atom stereocenters. The van der Waals surface area contributed by atoms with E-state index in [2.05, 4.69) is 51.2 Å². The number of hydrogen-bond acceptors (Lipinski definition) is 3. The van der Waals surface area contributed by atoms with E-state index < -0.39 is 0 Å². The van der Waals surface area contributed by atoms with Gasteiger partial charge in [0.25, 0.3) is 5.91 Å². The van der Waals surface area contributed by atoms with E-state index in [0.29, 0.717) is 5.56 Å². The predicted molar refractivity (Wildman–Crippen MR) is 118 cm³/mol. The number of carbonyl (C=O) groups is 1. The molecule has 2 aliphatic rings. The van der Waals surface area contributed by atoms with Crippen LogP contribution in [-0.2, 0) is 13.1 Å². The summed E-state index contributed by atoms with van der Waals surface area (Å²) in [5.74, 6) is 0.906. The molecular formula is C24H28N4O. The fraction of sp³-hybridized carbons (Fsp3) is 0.333. The second-order valence-corrected chi connectivity index (χ2v) is 7.46. The van der Waals surface area contributed by atoms with Crippen LogP contribution in [0.1, 0.15) is 36.7 Å². The number of aromatic nitrogens is 2. The summed E-state index contributed by atoms with van der Waals surface area (Å²) in [7, 11) is 0. The van der Waals surface area contributed by atoms with Crippen LogP contribution in [0, 0.1) is 0 Å². The molecule has 2 aromatic carbocycles. The van der Waals surface area contributed by atoms with Crippen molar-refractivity contribution < 1.29 is 4.79 Å². The number of imidazole rings is 1. The van der Waals surface area contributed by atoms with Crippen LogP contribution < -0.4 is 5.32 Å². The van der Waals surface area contributed by atoms with Crippen molar-refractivity contribution in [3.05, 3.63) is 65.7 Å². The van der Waals surface area contributed by atoms with E-state index in [0.717, 1.165) is 48.6 Å². The van der Waals surface area contributed by atoms with Gasteiger partial charge in [-0.3, -0.25) is 9.69 Å². The number of benzene rings is 2. The van der Waals surface area contributed by atoms with E-state index in [-0.39, 0.29) is 11.9 Å². The van der Waals surface area contributed by atoms with E-state index in [1.54, 1.807) is 0 Å². The molecule has 1 amide bonds. The molecule has 1 N–H and O–H groups in total. The summed E-state index contributed by atoms with van der Waals surface area (Å²) in [6.45, 7) is 9.77. The molecule has 150 valence electrons. The summed E-state index contributed by atoms with van der Waals surface area (Å²) >= 11 is 0. The lowest BCUT2D eigenvalue weighted by Crippen LogP contribution is -2.33. The summed E-state index contributed by atoms with van der Waals surface area (Å²) in [5, 5.41) is 3.06. The number of rotatable bonds is 3. The van der Waals surface area contributed by atoms with Crippen LogP contribution in [0.4, 0.5) is 0 Å². The summed E-state index contributed by atoms with van der Waals surface area (Å²) in [6.07, 6.45) is 4.43. The van der Waals surface area contributed by atoms with Crippen molar-refractivity contribution in [2.45, 2.75) is 39.9 Å². The Labute approximate surface area is 172 Å². The fourth-order valence-electron chi connectivity index (χ4n) is 4.06. The van der Waals surface area contributed by atoms with E-state index in [4.69, 9.17) is 4.98 Å². The largest absolute Gasteiger partial charge is 0.348 e. The van der Waals surface area contributed by atoms with Crippen molar-refractivity contribution in [3.8, 4) is 11.4 Å². The molecule has 0 fully saturated rings. The zero-order valence-electron chi connectivity index (χ0n) is 17.4. The molecule has 5 heteroatoms. The Kier molecular flexibility index (Phi) is 5.49. The average Bonchev–Trinajstić information content (AvgIpc) is 3.35.